The van der Waals surface area contributed by atoms with Crippen molar-refractivity contribution in [2.45, 2.75) is 31.7 Å². The Morgan fingerprint density at radius 1 is 0.893 bits per heavy atom. The van der Waals surface area contributed by atoms with Crippen molar-refractivity contribution in [2.24, 2.45) is 0 Å². The van der Waals surface area contributed by atoms with Crippen LogP contribution >= 0.6 is 0 Å². The predicted molar refractivity (Wildman–Crippen MR) is 110 cm³/mol. The zero-order valence-corrected chi connectivity index (χ0v) is 16.2. The molecule has 0 spiro atoms. The topological polar surface area (TPSA) is 38.8 Å². The van der Waals surface area contributed by atoms with Crippen LogP contribution in [-0.4, -0.2) is 43.2 Å². The first-order valence-electron chi connectivity index (χ1n) is 10.2. The van der Waals surface area contributed by atoms with Crippen LogP contribution in [0.25, 0.3) is 5.76 Å². The van der Waals surface area contributed by atoms with Gasteiger partial charge in [0.25, 0.3) is 0 Å². The van der Waals surface area contributed by atoms with Crippen LogP contribution in [0.15, 0.2) is 66.2 Å². The monoisotopic (exact) mass is 377 g/mol. The van der Waals surface area contributed by atoms with E-state index in [1.54, 1.807) is 12.1 Å². The Balaban J connectivity index is 1.71. The summed E-state index contributed by atoms with van der Waals surface area (Å²) in [4.78, 5) is 15.4. The molecule has 1 saturated carbocycles. The summed E-state index contributed by atoms with van der Waals surface area (Å²) >= 11 is 0. The molecule has 1 atom stereocenters. The number of esters is 1. The molecule has 0 bridgehead atoms. The van der Waals surface area contributed by atoms with Crippen LogP contribution in [0.5, 0.6) is 0 Å². The van der Waals surface area contributed by atoms with E-state index in [4.69, 9.17) is 9.47 Å². The van der Waals surface area contributed by atoms with Gasteiger partial charge in [0.15, 0.2) is 0 Å². The first kappa shape index (κ1) is 18.9. The SMILES string of the molecule is O=C(OC(=C1CCCCC1N1CCOCC1)c1ccccc1)c1ccccc1. The van der Waals surface area contributed by atoms with E-state index >= 15 is 0 Å². The van der Waals surface area contributed by atoms with Crippen LogP contribution < -0.4 is 0 Å². The van der Waals surface area contributed by atoms with E-state index in [9.17, 15) is 4.79 Å². The number of benzene rings is 2. The van der Waals surface area contributed by atoms with Gasteiger partial charge in [-0.15, -0.1) is 0 Å². The highest BCUT2D eigenvalue weighted by Gasteiger charge is 2.30. The van der Waals surface area contributed by atoms with Gasteiger partial charge in [0.05, 0.1) is 18.8 Å². The molecule has 0 radical (unpaired) electrons. The molecular weight excluding hydrogens is 350 g/mol. The lowest BCUT2D eigenvalue weighted by atomic mass is 9.86. The molecule has 146 valence electrons. The number of carbonyl (C=O) groups is 1. The van der Waals surface area contributed by atoms with Crippen LogP contribution in [0.3, 0.4) is 0 Å². The summed E-state index contributed by atoms with van der Waals surface area (Å²) in [5, 5.41) is 0. The van der Waals surface area contributed by atoms with E-state index in [1.807, 2.05) is 48.5 Å². The molecule has 0 amide bonds. The molecule has 2 fully saturated rings. The smallest absolute Gasteiger partial charge is 0.343 e. The van der Waals surface area contributed by atoms with Crippen molar-refractivity contribution in [2.75, 3.05) is 26.3 Å². The van der Waals surface area contributed by atoms with Gasteiger partial charge in [0.2, 0.25) is 0 Å². The fourth-order valence-electron chi connectivity index (χ4n) is 4.18. The summed E-state index contributed by atoms with van der Waals surface area (Å²) in [7, 11) is 0. The number of nitrogens with zero attached hydrogens (tertiary/aromatic N) is 1. The second kappa shape index (κ2) is 9.18. The fourth-order valence-corrected chi connectivity index (χ4v) is 4.18. The van der Waals surface area contributed by atoms with Crippen molar-refractivity contribution in [3.63, 3.8) is 0 Å². The number of ether oxygens (including phenoxy) is 2. The maximum Gasteiger partial charge on any atom is 0.343 e. The van der Waals surface area contributed by atoms with E-state index in [-0.39, 0.29) is 5.97 Å². The molecule has 2 aromatic rings. The lowest BCUT2D eigenvalue weighted by molar-refractivity contribution is 0.0186. The van der Waals surface area contributed by atoms with Crippen LogP contribution in [0.2, 0.25) is 0 Å². The zero-order valence-electron chi connectivity index (χ0n) is 16.2. The van der Waals surface area contributed by atoms with E-state index < -0.39 is 0 Å². The lowest BCUT2D eigenvalue weighted by Gasteiger charge is -2.39. The normalized spacial score (nSPS) is 22.5. The zero-order chi connectivity index (χ0) is 19.2. The summed E-state index contributed by atoms with van der Waals surface area (Å²) in [5.74, 6) is 0.448. The second-order valence-electron chi connectivity index (χ2n) is 7.39. The Kier molecular flexibility index (Phi) is 6.20. The Morgan fingerprint density at radius 2 is 1.54 bits per heavy atom. The minimum absolute atomic E-state index is 0.293. The molecule has 2 aliphatic rings. The van der Waals surface area contributed by atoms with Gasteiger partial charge in [0.1, 0.15) is 5.76 Å². The molecule has 1 unspecified atom stereocenters. The van der Waals surface area contributed by atoms with E-state index in [0.29, 0.717) is 11.6 Å². The van der Waals surface area contributed by atoms with Gasteiger partial charge in [-0.1, -0.05) is 55.0 Å². The number of hydrogen-bond donors (Lipinski definition) is 0. The van der Waals surface area contributed by atoms with Crippen LogP contribution in [0.4, 0.5) is 0 Å². The summed E-state index contributed by atoms with van der Waals surface area (Å²) < 4.78 is 11.6. The highest BCUT2D eigenvalue weighted by atomic mass is 16.5. The van der Waals surface area contributed by atoms with Gasteiger partial charge in [-0.3, -0.25) is 4.90 Å². The Bertz CT molecular complexity index is 810. The average molecular weight is 377 g/mol. The van der Waals surface area contributed by atoms with E-state index in [2.05, 4.69) is 4.90 Å². The van der Waals surface area contributed by atoms with Crippen LogP contribution in [0.1, 0.15) is 41.6 Å². The molecule has 1 saturated heterocycles. The van der Waals surface area contributed by atoms with E-state index in [1.165, 1.54) is 12.0 Å². The minimum atomic E-state index is -0.293. The van der Waals surface area contributed by atoms with E-state index in [0.717, 1.165) is 56.9 Å². The van der Waals surface area contributed by atoms with Gasteiger partial charge in [-0.25, -0.2) is 4.79 Å². The van der Waals surface area contributed by atoms with Gasteiger partial charge < -0.3 is 9.47 Å². The first-order valence-corrected chi connectivity index (χ1v) is 10.2. The summed E-state index contributed by atoms with van der Waals surface area (Å²) in [6.07, 6.45) is 4.42. The highest BCUT2D eigenvalue weighted by molar-refractivity contribution is 5.93. The molecule has 4 rings (SSSR count). The van der Waals surface area contributed by atoms with Crippen molar-refractivity contribution in [3.8, 4) is 0 Å². The average Bonchev–Trinajstić information content (AvgIpc) is 2.79. The summed E-state index contributed by atoms with van der Waals surface area (Å²) in [6.45, 7) is 3.41. The molecule has 1 aliphatic carbocycles. The van der Waals surface area contributed by atoms with Crippen molar-refractivity contribution in [1.82, 2.24) is 4.90 Å². The molecule has 1 aliphatic heterocycles. The third-order valence-electron chi connectivity index (χ3n) is 5.59. The number of carbonyl (C=O) groups excluding carboxylic acids is 1. The Labute approximate surface area is 166 Å². The fraction of sp³-hybridized carbons (Fsp3) is 0.375. The Hall–Kier alpha value is -2.43. The van der Waals surface area contributed by atoms with Gasteiger partial charge >= 0.3 is 5.97 Å². The molecule has 1 heterocycles. The van der Waals surface area contributed by atoms with Crippen LogP contribution in [0, 0.1) is 0 Å². The highest BCUT2D eigenvalue weighted by Crippen LogP contribution is 2.35. The van der Waals surface area contributed by atoms with Crippen molar-refractivity contribution < 1.29 is 14.3 Å². The molecular formula is C24H27NO3. The molecule has 4 heteroatoms. The van der Waals surface area contributed by atoms with Crippen molar-refractivity contribution in [1.29, 1.82) is 0 Å². The molecule has 0 aromatic heterocycles. The second-order valence-corrected chi connectivity index (χ2v) is 7.39. The van der Waals surface area contributed by atoms with Gasteiger partial charge in [-0.2, -0.15) is 0 Å². The maximum absolute atomic E-state index is 12.9. The quantitative estimate of drug-likeness (QED) is 0.580. The van der Waals surface area contributed by atoms with Gasteiger partial charge in [0, 0.05) is 24.7 Å². The Morgan fingerprint density at radius 3 is 2.21 bits per heavy atom. The molecule has 2 aromatic carbocycles. The number of hydrogen-bond acceptors (Lipinski definition) is 4. The number of morpholine rings is 1. The largest absolute Gasteiger partial charge is 0.422 e. The van der Waals surface area contributed by atoms with Gasteiger partial charge in [-0.05, 0) is 37.0 Å². The third kappa shape index (κ3) is 4.34. The minimum Gasteiger partial charge on any atom is -0.422 e. The van der Waals surface area contributed by atoms with Crippen molar-refractivity contribution in [3.05, 3.63) is 77.4 Å². The maximum atomic E-state index is 12.9. The first-order chi connectivity index (χ1) is 13.8. The molecule has 0 N–H and O–H groups in total. The summed E-state index contributed by atoms with van der Waals surface area (Å²) in [5.41, 5.74) is 2.81. The summed E-state index contributed by atoms with van der Waals surface area (Å²) in [6, 6.07) is 19.6. The molecule has 4 nitrogen and oxygen atoms in total. The standard InChI is InChI=1S/C24H27NO3/c26-24(20-11-5-2-6-12-20)28-23(19-9-3-1-4-10-19)21-13-7-8-14-22(21)25-15-17-27-18-16-25/h1-6,9-12,22H,7-8,13-18H2. The predicted octanol–water partition coefficient (Wildman–Crippen LogP) is 4.53. The molecule has 28 heavy (non-hydrogen) atoms. The third-order valence-corrected chi connectivity index (χ3v) is 5.59. The number of rotatable bonds is 4. The lowest BCUT2D eigenvalue weighted by Crippen LogP contribution is -2.45. The van der Waals surface area contributed by atoms with Crippen LogP contribution in [-0.2, 0) is 9.47 Å². The van der Waals surface area contributed by atoms with Crippen molar-refractivity contribution >= 4 is 11.7 Å².